The Morgan fingerprint density at radius 3 is 2.77 bits per heavy atom. The van der Waals surface area contributed by atoms with E-state index in [1.807, 2.05) is 24.8 Å². The summed E-state index contributed by atoms with van der Waals surface area (Å²) in [5, 5.41) is 0. The third-order valence-electron chi connectivity index (χ3n) is 3.69. The fourth-order valence-corrected chi connectivity index (χ4v) is 3.94. The Kier molecular flexibility index (Phi) is 5.00. The van der Waals surface area contributed by atoms with Crippen molar-refractivity contribution in [3.05, 3.63) is 18.1 Å². The summed E-state index contributed by atoms with van der Waals surface area (Å²) in [5.74, 6) is -0.498. The third kappa shape index (κ3) is 3.94. The molecule has 1 aliphatic rings. The molecular formula is C14H21N3O4S. The van der Waals surface area contributed by atoms with E-state index < -0.39 is 21.7 Å². The molecule has 1 aromatic rings. The van der Waals surface area contributed by atoms with E-state index in [0.717, 1.165) is 5.69 Å². The van der Waals surface area contributed by atoms with E-state index in [2.05, 4.69) is 9.97 Å². The monoisotopic (exact) mass is 327 g/mol. The maximum Gasteiger partial charge on any atom is 0.311 e. The zero-order valence-electron chi connectivity index (χ0n) is 13.0. The molecule has 1 atom stereocenters. The second-order valence-corrected chi connectivity index (χ2v) is 7.96. The maximum absolute atomic E-state index is 12.0. The van der Waals surface area contributed by atoms with Crippen LogP contribution in [0.2, 0.25) is 0 Å². The molecule has 1 unspecified atom stereocenters. The predicted molar refractivity (Wildman–Crippen MR) is 82.5 cm³/mol. The first-order valence-corrected chi connectivity index (χ1v) is 8.99. The number of methoxy groups -OCH3 is 1. The van der Waals surface area contributed by atoms with E-state index in [-0.39, 0.29) is 24.0 Å². The SMILES string of the molecule is COC(=O)C1CN(c2cc(C(C)C)ncn2)CCS(=O)(=O)C1. The molecule has 1 fully saturated rings. The van der Waals surface area contributed by atoms with Crippen LogP contribution in [0.3, 0.4) is 0 Å². The van der Waals surface area contributed by atoms with Gasteiger partial charge in [-0.15, -0.1) is 0 Å². The van der Waals surface area contributed by atoms with Gasteiger partial charge in [-0.1, -0.05) is 13.8 Å². The van der Waals surface area contributed by atoms with Gasteiger partial charge in [0.15, 0.2) is 9.84 Å². The minimum absolute atomic E-state index is 0.00150. The largest absolute Gasteiger partial charge is 0.469 e. The van der Waals surface area contributed by atoms with E-state index in [0.29, 0.717) is 12.4 Å². The lowest BCUT2D eigenvalue weighted by Crippen LogP contribution is -2.34. The molecule has 0 aliphatic carbocycles. The Morgan fingerprint density at radius 1 is 1.41 bits per heavy atom. The van der Waals surface area contributed by atoms with Crippen LogP contribution in [0.4, 0.5) is 5.82 Å². The zero-order valence-corrected chi connectivity index (χ0v) is 13.8. The molecule has 122 valence electrons. The smallest absolute Gasteiger partial charge is 0.311 e. The van der Waals surface area contributed by atoms with Crippen LogP contribution >= 0.6 is 0 Å². The van der Waals surface area contributed by atoms with Gasteiger partial charge in [-0.25, -0.2) is 18.4 Å². The van der Waals surface area contributed by atoms with Crippen molar-refractivity contribution in [2.45, 2.75) is 19.8 Å². The fourth-order valence-electron chi connectivity index (χ4n) is 2.42. The molecule has 0 bridgehead atoms. The van der Waals surface area contributed by atoms with Crippen LogP contribution < -0.4 is 4.90 Å². The van der Waals surface area contributed by atoms with Crippen LogP contribution in [0.25, 0.3) is 0 Å². The highest BCUT2D eigenvalue weighted by atomic mass is 32.2. The van der Waals surface area contributed by atoms with Crippen LogP contribution in [-0.2, 0) is 19.4 Å². The van der Waals surface area contributed by atoms with E-state index in [1.54, 1.807) is 0 Å². The van der Waals surface area contributed by atoms with Crippen LogP contribution in [-0.4, -0.2) is 56.1 Å². The van der Waals surface area contributed by atoms with Gasteiger partial charge < -0.3 is 9.64 Å². The van der Waals surface area contributed by atoms with Gasteiger partial charge in [-0.2, -0.15) is 0 Å². The summed E-state index contributed by atoms with van der Waals surface area (Å²) < 4.78 is 28.7. The number of hydrogen-bond donors (Lipinski definition) is 0. The Labute approximate surface area is 130 Å². The molecule has 2 heterocycles. The van der Waals surface area contributed by atoms with Crippen LogP contribution in [0.1, 0.15) is 25.5 Å². The average Bonchev–Trinajstić information content (AvgIpc) is 2.65. The van der Waals surface area contributed by atoms with Gasteiger partial charge in [0.1, 0.15) is 12.1 Å². The highest BCUT2D eigenvalue weighted by Gasteiger charge is 2.32. The summed E-state index contributed by atoms with van der Waals surface area (Å²) in [6, 6.07) is 1.84. The quantitative estimate of drug-likeness (QED) is 0.752. The van der Waals surface area contributed by atoms with Crippen LogP contribution in [0.15, 0.2) is 12.4 Å². The minimum Gasteiger partial charge on any atom is -0.469 e. The van der Waals surface area contributed by atoms with Gasteiger partial charge >= 0.3 is 5.97 Å². The molecule has 1 aromatic heterocycles. The van der Waals surface area contributed by atoms with E-state index in [1.165, 1.54) is 13.4 Å². The van der Waals surface area contributed by atoms with Crippen molar-refractivity contribution < 1.29 is 17.9 Å². The first-order chi connectivity index (χ1) is 10.3. The number of anilines is 1. The van der Waals surface area contributed by atoms with Gasteiger partial charge in [0, 0.05) is 24.8 Å². The topological polar surface area (TPSA) is 89.5 Å². The van der Waals surface area contributed by atoms with Gasteiger partial charge in [0.2, 0.25) is 0 Å². The number of aromatic nitrogens is 2. The predicted octanol–water partition coefficient (Wildman–Crippen LogP) is 0.624. The molecule has 0 aromatic carbocycles. The minimum atomic E-state index is -3.28. The summed E-state index contributed by atoms with van der Waals surface area (Å²) in [7, 11) is -2.01. The van der Waals surface area contributed by atoms with Crippen molar-refractivity contribution in [3.63, 3.8) is 0 Å². The number of hydrogen-bond acceptors (Lipinski definition) is 7. The van der Waals surface area contributed by atoms with E-state index >= 15 is 0 Å². The molecule has 0 N–H and O–H groups in total. The molecule has 22 heavy (non-hydrogen) atoms. The molecule has 0 radical (unpaired) electrons. The van der Waals surface area contributed by atoms with E-state index in [9.17, 15) is 13.2 Å². The number of esters is 1. The highest BCUT2D eigenvalue weighted by molar-refractivity contribution is 7.91. The van der Waals surface area contributed by atoms with Gasteiger partial charge in [0.05, 0.1) is 24.5 Å². The molecule has 0 amide bonds. The summed E-state index contributed by atoms with van der Waals surface area (Å²) in [5.41, 5.74) is 0.881. The van der Waals surface area contributed by atoms with E-state index in [4.69, 9.17) is 4.74 Å². The molecule has 8 heteroatoms. The zero-order chi connectivity index (χ0) is 16.3. The van der Waals surface area contributed by atoms with Crippen molar-refractivity contribution in [1.29, 1.82) is 0 Å². The second-order valence-electron chi connectivity index (χ2n) is 5.74. The van der Waals surface area contributed by atoms with Gasteiger partial charge in [-0.3, -0.25) is 4.79 Å². The number of rotatable bonds is 3. The van der Waals surface area contributed by atoms with Crippen molar-refractivity contribution in [2.24, 2.45) is 5.92 Å². The van der Waals surface area contributed by atoms with Gasteiger partial charge in [0.25, 0.3) is 0 Å². The van der Waals surface area contributed by atoms with Crippen molar-refractivity contribution >= 4 is 21.6 Å². The number of sulfone groups is 1. The van der Waals surface area contributed by atoms with Crippen LogP contribution in [0, 0.1) is 5.92 Å². The number of nitrogens with zero attached hydrogens (tertiary/aromatic N) is 3. The van der Waals surface area contributed by atoms with Crippen LogP contribution in [0.5, 0.6) is 0 Å². The second kappa shape index (κ2) is 6.60. The Hall–Kier alpha value is -1.70. The summed E-state index contributed by atoms with van der Waals surface area (Å²) in [6.45, 7) is 4.64. The average molecular weight is 327 g/mol. The number of carbonyl (C=O) groups excluding carboxylic acids is 1. The number of carbonyl (C=O) groups is 1. The highest BCUT2D eigenvalue weighted by Crippen LogP contribution is 2.21. The van der Waals surface area contributed by atoms with Crippen molar-refractivity contribution in [2.75, 3.05) is 36.6 Å². The fraction of sp³-hybridized carbons (Fsp3) is 0.643. The number of ether oxygens (including phenoxy) is 1. The lowest BCUT2D eigenvalue weighted by molar-refractivity contribution is -0.144. The Balaban J connectivity index is 2.30. The molecule has 0 spiro atoms. The Morgan fingerprint density at radius 2 is 2.14 bits per heavy atom. The summed E-state index contributed by atoms with van der Waals surface area (Å²) in [6.07, 6.45) is 1.47. The summed E-state index contributed by atoms with van der Waals surface area (Å²) in [4.78, 5) is 22.1. The molecule has 0 saturated carbocycles. The van der Waals surface area contributed by atoms with Crippen molar-refractivity contribution in [3.8, 4) is 0 Å². The Bertz CT molecular complexity index is 645. The molecule has 7 nitrogen and oxygen atoms in total. The van der Waals surface area contributed by atoms with Crippen molar-refractivity contribution in [1.82, 2.24) is 9.97 Å². The molecular weight excluding hydrogens is 306 g/mol. The lowest BCUT2D eigenvalue weighted by Gasteiger charge is -2.24. The third-order valence-corrected chi connectivity index (χ3v) is 5.41. The molecule has 1 saturated heterocycles. The summed E-state index contributed by atoms with van der Waals surface area (Å²) >= 11 is 0. The molecule has 1 aliphatic heterocycles. The van der Waals surface area contributed by atoms with Gasteiger partial charge in [-0.05, 0) is 5.92 Å². The standard InChI is InChI=1S/C14H21N3O4S/c1-10(2)12-6-13(16-9-15-12)17-4-5-22(19,20)8-11(7-17)14(18)21-3/h6,9-11H,4-5,7-8H2,1-3H3. The first-order valence-electron chi connectivity index (χ1n) is 7.17. The lowest BCUT2D eigenvalue weighted by atomic mass is 10.1. The maximum atomic E-state index is 12.0. The first kappa shape index (κ1) is 16.7. The molecule has 2 rings (SSSR count). The normalized spacial score (nSPS) is 21.5.